The Bertz CT molecular complexity index is 493. The van der Waals surface area contributed by atoms with Crippen LogP contribution in [0.2, 0.25) is 0 Å². The normalized spacial score (nSPS) is 19.6. The fourth-order valence-corrected chi connectivity index (χ4v) is 1.97. The maximum Gasteiger partial charge on any atom is 0.308 e. The van der Waals surface area contributed by atoms with Crippen LogP contribution in [0, 0.1) is 5.92 Å². The molecule has 2 rings (SSSR count). The molecule has 0 spiro atoms. The van der Waals surface area contributed by atoms with Crippen molar-refractivity contribution in [1.29, 1.82) is 0 Å². The quantitative estimate of drug-likeness (QED) is 0.785. The van der Waals surface area contributed by atoms with E-state index in [2.05, 4.69) is 5.10 Å². The summed E-state index contributed by atoms with van der Waals surface area (Å²) in [5.74, 6) is -1.42. The van der Waals surface area contributed by atoms with Gasteiger partial charge < -0.3 is 10.0 Å². The van der Waals surface area contributed by atoms with Gasteiger partial charge in [0.15, 0.2) is 0 Å². The minimum atomic E-state index is -0.832. The molecule has 1 atom stereocenters. The van der Waals surface area contributed by atoms with E-state index in [-0.39, 0.29) is 5.91 Å². The van der Waals surface area contributed by atoms with Gasteiger partial charge in [-0.1, -0.05) is 0 Å². The Morgan fingerprint density at radius 1 is 1.56 bits per heavy atom. The van der Waals surface area contributed by atoms with Crippen LogP contribution in [0.15, 0.2) is 18.3 Å². The minimum absolute atomic E-state index is 0.153. The lowest BCUT2D eigenvalue weighted by molar-refractivity contribution is -0.141. The highest BCUT2D eigenvalue weighted by Crippen LogP contribution is 2.16. The zero-order valence-corrected chi connectivity index (χ0v) is 10.1. The Balaban J connectivity index is 1.95. The summed E-state index contributed by atoms with van der Waals surface area (Å²) in [7, 11) is 1.79. The van der Waals surface area contributed by atoms with Crippen LogP contribution in [0.4, 0.5) is 0 Å². The van der Waals surface area contributed by atoms with E-state index in [1.54, 1.807) is 35.0 Å². The number of hydrogen-bond acceptors (Lipinski definition) is 3. The first-order valence-electron chi connectivity index (χ1n) is 5.75. The van der Waals surface area contributed by atoms with Crippen LogP contribution in [-0.2, 0) is 16.6 Å². The molecule has 1 amide bonds. The summed E-state index contributed by atoms with van der Waals surface area (Å²) in [6, 6.07) is 1.80. The first-order valence-corrected chi connectivity index (χ1v) is 5.75. The number of carboxylic acid groups (broad SMARTS) is 1. The molecule has 1 aromatic heterocycles. The maximum absolute atomic E-state index is 11.8. The monoisotopic (exact) mass is 249 g/mol. The zero-order valence-electron chi connectivity index (χ0n) is 10.1. The zero-order chi connectivity index (χ0) is 13.1. The largest absolute Gasteiger partial charge is 0.481 e. The molecule has 6 heteroatoms. The van der Waals surface area contributed by atoms with E-state index in [1.807, 2.05) is 0 Å². The molecule has 2 heterocycles. The standard InChI is InChI=1S/C12H15N3O3/c1-14-10(4-6-13-14)2-3-11(16)15-7-5-9(8-15)12(17)18/h2-4,6,9H,5,7-8H2,1H3,(H,17,18)/b3-2-/t9-/m0/s1. The Morgan fingerprint density at radius 3 is 2.89 bits per heavy atom. The number of aliphatic carboxylic acids is 1. The summed E-state index contributed by atoms with van der Waals surface area (Å²) < 4.78 is 1.66. The number of aromatic nitrogens is 2. The number of rotatable bonds is 3. The summed E-state index contributed by atoms with van der Waals surface area (Å²) in [4.78, 5) is 24.2. The third-order valence-corrected chi connectivity index (χ3v) is 3.10. The molecule has 18 heavy (non-hydrogen) atoms. The third-order valence-electron chi connectivity index (χ3n) is 3.10. The van der Waals surface area contributed by atoms with Crippen molar-refractivity contribution in [1.82, 2.24) is 14.7 Å². The molecule has 1 aliphatic heterocycles. The predicted octanol–water partition coefficient (Wildman–Crippen LogP) is 0.366. The number of carboxylic acids is 1. The van der Waals surface area contributed by atoms with Gasteiger partial charge in [-0.05, 0) is 18.6 Å². The van der Waals surface area contributed by atoms with Crippen molar-refractivity contribution in [3.05, 3.63) is 24.0 Å². The van der Waals surface area contributed by atoms with E-state index in [4.69, 9.17) is 5.11 Å². The fourth-order valence-electron chi connectivity index (χ4n) is 1.97. The average molecular weight is 249 g/mol. The average Bonchev–Trinajstić information content (AvgIpc) is 2.94. The smallest absolute Gasteiger partial charge is 0.308 e. The minimum Gasteiger partial charge on any atom is -0.481 e. The number of carbonyl (C=O) groups is 2. The molecule has 1 saturated heterocycles. The molecule has 1 fully saturated rings. The summed E-state index contributed by atoms with van der Waals surface area (Å²) in [6.07, 6.45) is 5.33. The van der Waals surface area contributed by atoms with Gasteiger partial charge in [-0.3, -0.25) is 14.3 Å². The van der Waals surface area contributed by atoms with Crippen LogP contribution < -0.4 is 0 Å². The van der Waals surface area contributed by atoms with Crippen LogP contribution in [0.1, 0.15) is 12.1 Å². The molecule has 0 saturated carbocycles. The Morgan fingerprint density at radius 2 is 2.33 bits per heavy atom. The summed E-state index contributed by atoms with van der Waals surface area (Å²) in [5, 5.41) is 12.9. The van der Waals surface area contributed by atoms with Crippen LogP contribution in [0.25, 0.3) is 6.08 Å². The van der Waals surface area contributed by atoms with Gasteiger partial charge in [0.1, 0.15) is 0 Å². The van der Waals surface area contributed by atoms with Gasteiger partial charge >= 0.3 is 5.97 Å². The van der Waals surface area contributed by atoms with E-state index < -0.39 is 11.9 Å². The highest BCUT2D eigenvalue weighted by atomic mass is 16.4. The Kier molecular flexibility index (Phi) is 3.45. The van der Waals surface area contributed by atoms with Crippen molar-refractivity contribution in [3.63, 3.8) is 0 Å². The molecule has 1 aliphatic rings. The highest BCUT2D eigenvalue weighted by Gasteiger charge is 2.29. The van der Waals surface area contributed by atoms with Gasteiger partial charge in [0.2, 0.25) is 5.91 Å². The number of amides is 1. The molecule has 1 N–H and O–H groups in total. The predicted molar refractivity (Wildman–Crippen MR) is 64.6 cm³/mol. The molecule has 1 aromatic rings. The molecule has 0 unspecified atom stereocenters. The van der Waals surface area contributed by atoms with E-state index in [0.29, 0.717) is 19.5 Å². The third kappa shape index (κ3) is 2.58. The molecule has 0 radical (unpaired) electrons. The summed E-state index contributed by atoms with van der Waals surface area (Å²) in [6.45, 7) is 0.801. The van der Waals surface area contributed by atoms with Gasteiger partial charge in [-0.15, -0.1) is 0 Å². The topological polar surface area (TPSA) is 75.4 Å². The molecule has 0 aliphatic carbocycles. The first-order chi connectivity index (χ1) is 8.58. The lowest BCUT2D eigenvalue weighted by Gasteiger charge is -2.12. The van der Waals surface area contributed by atoms with E-state index >= 15 is 0 Å². The van der Waals surface area contributed by atoms with Crippen molar-refractivity contribution in [2.24, 2.45) is 13.0 Å². The second kappa shape index (κ2) is 5.03. The Labute approximate surface area is 105 Å². The Hall–Kier alpha value is -2.11. The van der Waals surface area contributed by atoms with E-state index in [9.17, 15) is 9.59 Å². The summed E-state index contributed by atoms with van der Waals surface area (Å²) >= 11 is 0. The number of hydrogen-bond donors (Lipinski definition) is 1. The molecule has 96 valence electrons. The number of nitrogens with zero attached hydrogens (tertiary/aromatic N) is 3. The lowest BCUT2D eigenvalue weighted by Crippen LogP contribution is -2.28. The van der Waals surface area contributed by atoms with Crippen molar-refractivity contribution in [3.8, 4) is 0 Å². The fraction of sp³-hybridized carbons (Fsp3) is 0.417. The molecular weight excluding hydrogens is 234 g/mol. The van der Waals surface area contributed by atoms with E-state index in [0.717, 1.165) is 5.69 Å². The van der Waals surface area contributed by atoms with Crippen LogP contribution in [0.5, 0.6) is 0 Å². The number of likely N-dealkylation sites (tertiary alicyclic amines) is 1. The number of carbonyl (C=O) groups excluding carboxylic acids is 1. The molecular formula is C12H15N3O3. The second-order valence-electron chi connectivity index (χ2n) is 4.32. The van der Waals surface area contributed by atoms with Crippen LogP contribution >= 0.6 is 0 Å². The van der Waals surface area contributed by atoms with Gasteiger partial charge in [0.05, 0.1) is 11.6 Å². The van der Waals surface area contributed by atoms with Crippen molar-refractivity contribution in [2.75, 3.05) is 13.1 Å². The molecule has 0 aromatic carbocycles. The molecule has 6 nitrogen and oxygen atoms in total. The second-order valence-corrected chi connectivity index (χ2v) is 4.32. The van der Waals surface area contributed by atoms with Gasteiger partial charge in [0.25, 0.3) is 0 Å². The van der Waals surface area contributed by atoms with Crippen LogP contribution in [0.3, 0.4) is 0 Å². The van der Waals surface area contributed by atoms with Crippen molar-refractivity contribution >= 4 is 18.0 Å². The van der Waals surface area contributed by atoms with Crippen LogP contribution in [-0.4, -0.2) is 44.8 Å². The summed E-state index contributed by atoms with van der Waals surface area (Å²) in [5.41, 5.74) is 0.831. The van der Waals surface area contributed by atoms with Crippen molar-refractivity contribution in [2.45, 2.75) is 6.42 Å². The SMILES string of the molecule is Cn1nccc1/C=C\C(=O)N1CC[C@H](C(=O)O)C1. The van der Waals surface area contributed by atoms with Gasteiger partial charge in [-0.25, -0.2) is 0 Å². The molecule has 0 bridgehead atoms. The first kappa shape index (κ1) is 12.3. The highest BCUT2D eigenvalue weighted by molar-refractivity contribution is 5.92. The van der Waals surface area contributed by atoms with Gasteiger partial charge in [-0.2, -0.15) is 5.10 Å². The number of aryl methyl sites for hydroxylation is 1. The van der Waals surface area contributed by atoms with Crippen molar-refractivity contribution < 1.29 is 14.7 Å². The van der Waals surface area contributed by atoms with E-state index in [1.165, 1.54) is 6.08 Å². The van der Waals surface area contributed by atoms with Gasteiger partial charge in [0, 0.05) is 32.4 Å². The maximum atomic E-state index is 11.8. The lowest BCUT2D eigenvalue weighted by atomic mass is 10.1.